The molecule has 0 spiro atoms. The predicted molar refractivity (Wildman–Crippen MR) is 73.1 cm³/mol. The minimum atomic E-state index is -0.209. The van der Waals surface area contributed by atoms with Crippen LogP contribution in [0.25, 0.3) is 22.2 Å². The van der Waals surface area contributed by atoms with Crippen LogP contribution in [0, 0.1) is 13.8 Å². The van der Waals surface area contributed by atoms with Crippen LogP contribution in [0.2, 0.25) is 0 Å². The molecule has 3 rings (SSSR count). The number of hydrogen-bond acceptors (Lipinski definition) is 5. The van der Waals surface area contributed by atoms with Crippen molar-refractivity contribution in [2.75, 3.05) is 0 Å². The standard InChI is InChI=1S/C13H11N3O2S/c1-7-6-8(2)14-12(17)10(7)13-15-11(16-18-13)9-4-3-5-19-9/h3-6H,1-2H3,(H,14,17). The highest BCUT2D eigenvalue weighted by molar-refractivity contribution is 7.13. The maximum Gasteiger partial charge on any atom is 0.264 e. The van der Waals surface area contributed by atoms with E-state index < -0.39 is 0 Å². The van der Waals surface area contributed by atoms with Gasteiger partial charge in [0.2, 0.25) is 5.82 Å². The van der Waals surface area contributed by atoms with Crippen molar-refractivity contribution in [2.45, 2.75) is 13.8 Å². The number of aromatic amines is 1. The van der Waals surface area contributed by atoms with Gasteiger partial charge in [0.05, 0.1) is 4.88 Å². The van der Waals surface area contributed by atoms with Gasteiger partial charge in [-0.25, -0.2) is 0 Å². The summed E-state index contributed by atoms with van der Waals surface area (Å²) in [6.45, 7) is 3.69. The van der Waals surface area contributed by atoms with Crippen molar-refractivity contribution in [1.82, 2.24) is 15.1 Å². The molecule has 0 bridgehead atoms. The van der Waals surface area contributed by atoms with Gasteiger partial charge in [-0.15, -0.1) is 11.3 Å². The number of hydrogen-bond donors (Lipinski definition) is 1. The second kappa shape index (κ2) is 4.47. The second-order valence-corrected chi connectivity index (χ2v) is 5.19. The highest BCUT2D eigenvalue weighted by atomic mass is 32.1. The highest BCUT2D eigenvalue weighted by Crippen LogP contribution is 2.25. The van der Waals surface area contributed by atoms with E-state index in [4.69, 9.17) is 4.52 Å². The molecule has 1 N–H and O–H groups in total. The summed E-state index contributed by atoms with van der Waals surface area (Å²) in [5.41, 5.74) is 1.85. The molecule has 0 amide bonds. The summed E-state index contributed by atoms with van der Waals surface area (Å²) in [7, 11) is 0. The molecule has 6 heteroatoms. The predicted octanol–water partition coefficient (Wildman–Crippen LogP) is 2.77. The van der Waals surface area contributed by atoms with Gasteiger partial charge in [0.1, 0.15) is 5.56 Å². The number of nitrogens with zero attached hydrogens (tertiary/aromatic N) is 2. The first kappa shape index (κ1) is 11.9. The largest absolute Gasteiger partial charge is 0.333 e. The van der Waals surface area contributed by atoms with Gasteiger partial charge in [0, 0.05) is 5.69 Å². The van der Waals surface area contributed by atoms with Crippen LogP contribution in [0.1, 0.15) is 11.3 Å². The Morgan fingerprint density at radius 3 is 2.89 bits per heavy atom. The minimum Gasteiger partial charge on any atom is -0.333 e. The fraction of sp³-hybridized carbons (Fsp3) is 0.154. The molecule has 0 saturated heterocycles. The Bertz CT molecular complexity index is 772. The van der Waals surface area contributed by atoms with Gasteiger partial charge in [-0.3, -0.25) is 4.79 Å². The molecule has 5 nitrogen and oxygen atoms in total. The monoisotopic (exact) mass is 273 g/mol. The SMILES string of the molecule is Cc1cc(C)c(-c2nc(-c3cccs3)no2)c(=O)[nH]1. The summed E-state index contributed by atoms with van der Waals surface area (Å²) in [6, 6.07) is 5.71. The van der Waals surface area contributed by atoms with Crippen molar-refractivity contribution in [3.8, 4) is 22.2 Å². The van der Waals surface area contributed by atoms with E-state index >= 15 is 0 Å². The summed E-state index contributed by atoms with van der Waals surface area (Å²) in [5, 5.41) is 5.85. The molecule has 0 saturated carbocycles. The number of nitrogens with one attached hydrogen (secondary N) is 1. The lowest BCUT2D eigenvalue weighted by Gasteiger charge is -2.00. The summed E-state index contributed by atoms with van der Waals surface area (Å²) in [5.74, 6) is 0.756. The Hall–Kier alpha value is -2.21. The van der Waals surface area contributed by atoms with Crippen LogP contribution < -0.4 is 5.56 Å². The molecular weight excluding hydrogens is 262 g/mol. The number of rotatable bonds is 2. The average Bonchev–Trinajstić information content (AvgIpc) is 2.97. The zero-order valence-electron chi connectivity index (χ0n) is 10.4. The number of H-pyrrole nitrogens is 1. The first-order valence-corrected chi connectivity index (χ1v) is 6.61. The molecule has 3 heterocycles. The molecule has 19 heavy (non-hydrogen) atoms. The number of aromatic nitrogens is 3. The van der Waals surface area contributed by atoms with Gasteiger partial charge >= 0.3 is 0 Å². The van der Waals surface area contributed by atoms with Crippen LogP contribution in [0.3, 0.4) is 0 Å². The third-order valence-electron chi connectivity index (χ3n) is 2.75. The maximum atomic E-state index is 12.0. The molecule has 0 aliphatic carbocycles. The first-order chi connectivity index (χ1) is 9.15. The van der Waals surface area contributed by atoms with Crippen LogP contribution >= 0.6 is 11.3 Å². The van der Waals surface area contributed by atoms with E-state index in [0.717, 1.165) is 16.1 Å². The lowest BCUT2D eigenvalue weighted by Crippen LogP contribution is -2.12. The quantitative estimate of drug-likeness (QED) is 0.779. The van der Waals surface area contributed by atoms with E-state index in [1.165, 1.54) is 11.3 Å². The zero-order valence-corrected chi connectivity index (χ0v) is 11.2. The van der Waals surface area contributed by atoms with Gasteiger partial charge in [0.25, 0.3) is 11.4 Å². The van der Waals surface area contributed by atoms with Gasteiger partial charge in [-0.05, 0) is 36.9 Å². The van der Waals surface area contributed by atoms with Crippen molar-refractivity contribution in [2.24, 2.45) is 0 Å². The van der Waals surface area contributed by atoms with E-state index in [9.17, 15) is 4.79 Å². The second-order valence-electron chi connectivity index (χ2n) is 4.24. The third kappa shape index (κ3) is 2.10. The maximum absolute atomic E-state index is 12.0. The molecule has 0 aliphatic rings. The molecule has 0 aromatic carbocycles. The van der Waals surface area contributed by atoms with Gasteiger partial charge in [0.15, 0.2) is 0 Å². The molecule has 3 aromatic rings. The van der Waals surface area contributed by atoms with Crippen LogP contribution in [0.4, 0.5) is 0 Å². The lowest BCUT2D eigenvalue weighted by atomic mass is 10.1. The molecule has 0 radical (unpaired) electrons. The highest BCUT2D eigenvalue weighted by Gasteiger charge is 2.16. The Balaban J connectivity index is 2.12. The number of aryl methyl sites for hydroxylation is 2. The Kier molecular flexibility index (Phi) is 2.79. The van der Waals surface area contributed by atoms with E-state index in [0.29, 0.717) is 11.4 Å². The smallest absolute Gasteiger partial charge is 0.264 e. The van der Waals surface area contributed by atoms with Gasteiger partial charge < -0.3 is 9.51 Å². The lowest BCUT2D eigenvalue weighted by molar-refractivity contribution is 0.431. The molecule has 0 unspecified atom stereocenters. The van der Waals surface area contributed by atoms with Crippen molar-refractivity contribution in [3.05, 3.63) is 45.2 Å². The zero-order chi connectivity index (χ0) is 13.4. The molecule has 0 aliphatic heterocycles. The van der Waals surface area contributed by atoms with Gasteiger partial charge in [-0.1, -0.05) is 11.2 Å². The summed E-state index contributed by atoms with van der Waals surface area (Å²) < 4.78 is 5.20. The van der Waals surface area contributed by atoms with E-state index in [2.05, 4.69) is 15.1 Å². The molecular formula is C13H11N3O2S. The van der Waals surface area contributed by atoms with Crippen molar-refractivity contribution >= 4 is 11.3 Å². The Labute approximate surface area is 112 Å². The fourth-order valence-corrected chi connectivity index (χ4v) is 2.60. The van der Waals surface area contributed by atoms with Crippen LogP contribution in [0.5, 0.6) is 0 Å². The van der Waals surface area contributed by atoms with Crippen LogP contribution in [0.15, 0.2) is 32.9 Å². The van der Waals surface area contributed by atoms with Crippen LogP contribution in [-0.4, -0.2) is 15.1 Å². The summed E-state index contributed by atoms with van der Waals surface area (Å²) >= 11 is 1.52. The topological polar surface area (TPSA) is 71.8 Å². The van der Waals surface area contributed by atoms with E-state index in [-0.39, 0.29) is 11.4 Å². The number of thiophene rings is 1. The molecule has 0 atom stereocenters. The summed E-state index contributed by atoms with van der Waals surface area (Å²) in [6.07, 6.45) is 0. The van der Waals surface area contributed by atoms with Crippen LogP contribution in [-0.2, 0) is 0 Å². The minimum absolute atomic E-state index is 0.209. The van der Waals surface area contributed by atoms with Crippen molar-refractivity contribution in [1.29, 1.82) is 0 Å². The Morgan fingerprint density at radius 2 is 2.21 bits per heavy atom. The summed E-state index contributed by atoms with van der Waals surface area (Å²) in [4.78, 5) is 19.9. The van der Waals surface area contributed by atoms with E-state index in [1.54, 1.807) is 0 Å². The number of pyridine rings is 1. The third-order valence-corrected chi connectivity index (χ3v) is 3.61. The van der Waals surface area contributed by atoms with E-state index in [1.807, 2.05) is 37.4 Å². The Morgan fingerprint density at radius 1 is 1.37 bits per heavy atom. The first-order valence-electron chi connectivity index (χ1n) is 5.73. The van der Waals surface area contributed by atoms with Crippen molar-refractivity contribution in [3.63, 3.8) is 0 Å². The molecule has 3 aromatic heterocycles. The fourth-order valence-electron chi connectivity index (χ4n) is 1.95. The molecule has 96 valence electrons. The molecule has 0 fully saturated rings. The van der Waals surface area contributed by atoms with Gasteiger partial charge in [-0.2, -0.15) is 4.98 Å². The van der Waals surface area contributed by atoms with Crippen molar-refractivity contribution < 1.29 is 4.52 Å². The normalized spacial score (nSPS) is 10.8. The average molecular weight is 273 g/mol.